The lowest BCUT2D eigenvalue weighted by Crippen LogP contribution is -2.60. The summed E-state index contributed by atoms with van der Waals surface area (Å²) in [7, 11) is 2.78. The van der Waals surface area contributed by atoms with E-state index in [4.69, 9.17) is 23.7 Å². The van der Waals surface area contributed by atoms with E-state index in [1.807, 2.05) is 0 Å². The van der Waals surface area contributed by atoms with Crippen LogP contribution in [0.25, 0.3) is 0 Å². The van der Waals surface area contributed by atoms with Crippen LogP contribution < -0.4 is 14.2 Å². The summed E-state index contributed by atoms with van der Waals surface area (Å²) in [6, 6.07) is 7.95. The molecule has 0 amide bonds. The van der Waals surface area contributed by atoms with Crippen molar-refractivity contribution >= 4 is 5.97 Å². The number of aliphatic hydroxyl groups excluding tert-OH is 4. The predicted molar refractivity (Wildman–Crippen MR) is 114 cm³/mol. The Morgan fingerprint density at radius 2 is 1.68 bits per heavy atom. The number of carbonyl (C=O) groups excluding carboxylic acids is 1. The fourth-order valence-electron chi connectivity index (χ4n) is 4.08. The number of phenols is 1. The largest absolute Gasteiger partial charge is 0.502 e. The van der Waals surface area contributed by atoms with Crippen LogP contribution in [0.3, 0.4) is 0 Å². The molecule has 5 N–H and O–H groups in total. The van der Waals surface area contributed by atoms with Gasteiger partial charge in [-0.3, -0.25) is 0 Å². The quantitative estimate of drug-likeness (QED) is 0.356. The van der Waals surface area contributed by atoms with Crippen LogP contribution in [0, 0.1) is 0 Å². The van der Waals surface area contributed by atoms with Gasteiger partial charge >= 0.3 is 5.97 Å². The van der Waals surface area contributed by atoms with Gasteiger partial charge in [0.2, 0.25) is 12.0 Å². The average Bonchev–Trinajstić information content (AvgIpc) is 2.84. The molecule has 2 aliphatic heterocycles. The van der Waals surface area contributed by atoms with Gasteiger partial charge in [0, 0.05) is 12.0 Å². The van der Waals surface area contributed by atoms with Gasteiger partial charge in [-0.2, -0.15) is 0 Å². The van der Waals surface area contributed by atoms with Crippen LogP contribution in [0.5, 0.6) is 23.0 Å². The van der Waals surface area contributed by atoms with Crippen LogP contribution in [-0.4, -0.2) is 83.0 Å². The molecule has 11 heteroatoms. The number of methoxy groups -OCH3 is 2. The van der Waals surface area contributed by atoms with Gasteiger partial charge < -0.3 is 49.2 Å². The standard InChI is InChI=1S/C23H26O11/c1-30-14-7-11(8-15(31-2)18(14)25)13-6-10-4-3-5-12(17(10)22(29)32-13)33-23-21(28)20(27)19(26)16(9-24)34-23/h3-5,7-8,13,16,19-21,23-28H,6,9H2,1-2H3/t13-,16+,19+,20+,21+,23+/m1/s1. The second-order valence-corrected chi connectivity index (χ2v) is 7.98. The monoisotopic (exact) mass is 478 g/mol. The van der Waals surface area contributed by atoms with Crippen molar-refractivity contribution in [3.05, 3.63) is 47.0 Å². The lowest BCUT2D eigenvalue weighted by molar-refractivity contribution is -0.277. The number of ether oxygens (including phenoxy) is 5. The van der Waals surface area contributed by atoms with Gasteiger partial charge in [-0.1, -0.05) is 12.1 Å². The number of hydrogen-bond acceptors (Lipinski definition) is 11. The summed E-state index contributed by atoms with van der Waals surface area (Å²) in [5.74, 6) is -0.498. The molecule has 2 aromatic carbocycles. The fraction of sp³-hybridized carbons (Fsp3) is 0.435. The maximum Gasteiger partial charge on any atom is 0.342 e. The minimum absolute atomic E-state index is 0.0474. The maximum absolute atomic E-state index is 13.0. The van der Waals surface area contributed by atoms with Crippen molar-refractivity contribution in [2.45, 2.75) is 43.2 Å². The van der Waals surface area contributed by atoms with E-state index in [0.717, 1.165) is 0 Å². The molecule has 34 heavy (non-hydrogen) atoms. The Kier molecular flexibility index (Phi) is 6.82. The molecule has 184 valence electrons. The SMILES string of the molecule is COc1cc([C@H]2Cc3cccc(O[C@H]4O[C@@H](CO)[C@H](O)[C@H](O)[C@@H]4O)c3C(=O)O2)cc(OC)c1O. The molecule has 1 saturated heterocycles. The number of aromatic hydroxyl groups is 1. The summed E-state index contributed by atoms with van der Waals surface area (Å²) in [6.45, 7) is -0.610. The highest BCUT2D eigenvalue weighted by Gasteiger charge is 2.45. The zero-order valence-electron chi connectivity index (χ0n) is 18.5. The van der Waals surface area contributed by atoms with E-state index in [1.165, 1.54) is 20.3 Å². The minimum Gasteiger partial charge on any atom is -0.502 e. The molecule has 2 heterocycles. The summed E-state index contributed by atoms with van der Waals surface area (Å²) in [5, 5.41) is 49.7. The van der Waals surface area contributed by atoms with Crippen LogP contribution in [0.4, 0.5) is 0 Å². The highest BCUT2D eigenvalue weighted by atomic mass is 16.7. The van der Waals surface area contributed by atoms with E-state index in [2.05, 4.69) is 0 Å². The highest BCUT2D eigenvalue weighted by Crippen LogP contribution is 2.42. The van der Waals surface area contributed by atoms with Crippen molar-refractivity contribution in [1.82, 2.24) is 0 Å². The Hall–Kier alpha value is -3.09. The molecule has 0 spiro atoms. The van der Waals surface area contributed by atoms with Crippen molar-refractivity contribution in [3.8, 4) is 23.0 Å². The summed E-state index contributed by atoms with van der Waals surface area (Å²) in [6.07, 6.45) is -7.81. The van der Waals surface area contributed by atoms with E-state index in [0.29, 0.717) is 11.1 Å². The van der Waals surface area contributed by atoms with E-state index in [9.17, 15) is 30.3 Å². The Balaban J connectivity index is 1.61. The first-order chi connectivity index (χ1) is 16.3. The molecule has 6 atom stereocenters. The summed E-state index contributed by atoms with van der Waals surface area (Å²) in [4.78, 5) is 13.0. The number of hydrogen-bond donors (Lipinski definition) is 5. The Morgan fingerprint density at radius 1 is 1.00 bits per heavy atom. The first-order valence-corrected chi connectivity index (χ1v) is 10.5. The van der Waals surface area contributed by atoms with Gasteiger partial charge in [0.05, 0.1) is 20.8 Å². The van der Waals surface area contributed by atoms with Gasteiger partial charge in [-0.15, -0.1) is 0 Å². The molecule has 4 rings (SSSR count). The first kappa shape index (κ1) is 24.0. The van der Waals surface area contributed by atoms with Crippen molar-refractivity contribution in [3.63, 3.8) is 0 Å². The number of esters is 1. The molecular formula is C23H26O11. The van der Waals surface area contributed by atoms with E-state index in [-0.39, 0.29) is 35.0 Å². The molecule has 0 radical (unpaired) electrons. The summed E-state index contributed by atoms with van der Waals surface area (Å²) >= 11 is 0. The number of fused-ring (bicyclic) bond motifs is 1. The Labute approximate surface area is 194 Å². The lowest BCUT2D eigenvalue weighted by Gasteiger charge is -2.40. The smallest absolute Gasteiger partial charge is 0.342 e. The topological polar surface area (TPSA) is 164 Å². The molecule has 2 aromatic rings. The van der Waals surface area contributed by atoms with Gasteiger partial charge in [0.25, 0.3) is 0 Å². The molecule has 0 aromatic heterocycles. The van der Waals surface area contributed by atoms with Crippen LogP contribution in [0.15, 0.2) is 30.3 Å². The molecule has 0 unspecified atom stereocenters. The van der Waals surface area contributed by atoms with Gasteiger partial charge in [-0.25, -0.2) is 4.79 Å². The zero-order chi connectivity index (χ0) is 24.6. The Morgan fingerprint density at radius 3 is 2.29 bits per heavy atom. The van der Waals surface area contributed by atoms with E-state index >= 15 is 0 Å². The zero-order valence-corrected chi connectivity index (χ0v) is 18.5. The number of benzene rings is 2. The van der Waals surface area contributed by atoms with Crippen LogP contribution in [0.2, 0.25) is 0 Å². The molecule has 11 nitrogen and oxygen atoms in total. The third kappa shape index (κ3) is 4.24. The summed E-state index contributed by atoms with van der Waals surface area (Å²) < 4.78 is 27.1. The van der Waals surface area contributed by atoms with Crippen molar-refractivity contribution < 1.29 is 54.0 Å². The van der Waals surface area contributed by atoms with Crippen LogP contribution >= 0.6 is 0 Å². The lowest BCUT2D eigenvalue weighted by atomic mass is 9.93. The number of aliphatic hydroxyl groups is 4. The van der Waals surface area contributed by atoms with Crippen molar-refractivity contribution in [1.29, 1.82) is 0 Å². The normalized spacial score (nSPS) is 28.6. The fourth-order valence-corrected chi connectivity index (χ4v) is 4.08. The van der Waals surface area contributed by atoms with Crippen molar-refractivity contribution in [2.75, 3.05) is 20.8 Å². The van der Waals surface area contributed by atoms with Crippen LogP contribution in [-0.2, 0) is 15.9 Å². The van der Waals surface area contributed by atoms with Crippen molar-refractivity contribution in [2.24, 2.45) is 0 Å². The Bertz CT molecular complexity index is 1030. The second kappa shape index (κ2) is 9.65. The second-order valence-electron chi connectivity index (χ2n) is 7.98. The summed E-state index contributed by atoms with van der Waals surface area (Å²) in [5.41, 5.74) is 1.26. The average molecular weight is 478 g/mol. The van der Waals surface area contributed by atoms with Crippen LogP contribution in [0.1, 0.15) is 27.6 Å². The maximum atomic E-state index is 13.0. The minimum atomic E-state index is -1.63. The molecule has 1 fully saturated rings. The molecular weight excluding hydrogens is 452 g/mol. The number of cyclic esters (lactones) is 1. The molecule has 0 saturated carbocycles. The molecule has 0 aliphatic carbocycles. The molecule has 2 aliphatic rings. The van der Waals surface area contributed by atoms with E-state index in [1.54, 1.807) is 24.3 Å². The first-order valence-electron chi connectivity index (χ1n) is 10.5. The third-order valence-electron chi connectivity index (χ3n) is 5.94. The van der Waals surface area contributed by atoms with E-state index < -0.39 is 49.4 Å². The highest BCUT2D eigenvalue weighted by molar-refractivity contribution is 5.95. The number of rotatable bonds is 6. The third-order valence-corrected chi connectivity index (χ3v) is 5.94. The molecule has 0 bridgehead atoms. The van der Waals surface area contributed by atoms with Gasteiger partial charge in [-0.05, 0) is 23.8 Å². The number of phenolic OH excluding ortho intramolecular Hbond substituents is 1. The van der Waals surface area contributed by atoms with Gasteiger partial charge in [0.15, 0.2) is 11.5 Å². The van der Waals surface area contributed by atoms with Gasteiger partial charge in [0.1, 0.15) is 41.8 Å². The predicted octanol–water partition coefficient (Wildman–Crippen LogP) is 0.0423. The number of carbonyl (C=O) groups is 1.